The van der Waals surface area contributed by atoms with Crippen LogP contribution in [-0.4, -0.2) is 41.4 Å². The molecule has 1 aliphatic rings. The van der Waals surface area contributed by atoms with Gasteiger partial charge in [-0.25, -0.2) is 8.42 Å². The first-order valence-corrected chi connectivity index (χ1v) is 9.43. The van der Waals surface area contributed by atoms with E-state index in [0.29, 0.717) is 29.4 Å². The Kier molecular flexibility index (Phi) is 4.56. The highest BCUT2D eigenvalue weighted by Gasteiger charge is 2.36. The highest BCUT2D eigenvalue weighted by atomic mass is 32.2. The number of rotatable bonds is 4. The molecule has 0 spiro atoms. The van der Waals surface area contributed by atoms with Gasteiger partial charge in [-0.2, -0.15) is 4.31 Å². The van der Waals surface area contributed by atoms with Gasteiger partial charge in [0.05, 0.1) is 16.8 Å². The zero-order valence-corrected chi connectivity index (χ0v) is 14.3. The normalized spacial score (nSPS) is 19.5. The van der Waals surface area contributed by atoms with Crippen LogP contribution in [0.4, 0.5) is 0 Å². The van der Waals surface area contributed by atoms with E-state index >= 15 is 0 Å². The molecule has 1 aromatic heterocycles. The van der Waals surface area contributed by atoms with Gasteiger partial charge in [-0.1, -0.05) is 12.5 Å². The number of aryl methyl sites for hydroxylation is 1. The van der Waals surface area contributed by atoms with Crippen LogP contribution in [0.3, 0.4) is 0 Å². The van der Waals surface area contributed by atoms with E-state index in [-0.39, 0.29) is 11.3 Å². The van der Waals surface area contributed by atoms with Crippen molar-refractivity contribution in [3.63, 3.8) is 0 Å². The fourth-order valence-electron chi connectivity index (χ4n) is 3.39. The molecule has 6 nitrogen and oxygen atoms in total. The van der Waals surface area contributed by atoms with Gasteiger partial charge in [0.15, 0.2) is 0 Å². The summed E-state index contributed by atoms with van der Waals surface area (Å²) in [6.45, 7) is 2.12. The van der Waals surface area contributed by atoms with Gasteiger partial charge in [-0.05, 0) is 43.5 Å². The number of carbonyl (C=O) groups is 1. The van der Waals surface area contributed by atoms with Crippen LogP contribution in [0.5, 0.6) is 0 Å². The zero-order valence-electron chi connectivity index (χ0n) is 13.5. The number of nitrogens with zero attached hydrogens (tertiary/aromatic N) is 2. The average Bonchev–Trinajstić information content (AvgIpc) is 2.54. The maximum absolute atomic E-state index is 13.3. The van der Waals surface area contributed by atoms with E-state index in [9.17, 15) is 13.2 Å². The molecule has 1 atom stereocenters. The molecule has 1 saturated heterocycles. The summed E-state index contributed by atoms with van der Waals surface area (Å²) in [6, 6.07) is 6.52. The highest BCUT2D eigenvalue weighted by Crippen LogP contribution is 2.32. The van der Waals surface area contributed by atoms with Gasteiger partial charge >= 0.3 is 5.97 Å². The molecule has 1 fully saturated rings. The Labute approximate surface area is 141 Å². The number of fused-ring (bicyclic) bond motifs is 1. The van der Waals surface area contributed by atoms with Gasteiger partial charge in [0.1, 0.15) is 0 Å². The number of hydrogen-bond donors (Lipinski definition) is 1. The van der Waals surface area contributed by atoms with Gasteiger partial charge in [0, 0.05) is 24.2 Å². The number of piperidine rings is 1. The molecule has 128 valence electrons. The van der Waals surface area contributed by atoms with Crippen LogP contribution in [0.2, 0.25) is 0 Å². The first-order chi connectivity index (χ1) is 11.4. The molecule has 0 saturated carbocycles. The second-order valence-electron chi connectivity index (χ2n) is 6.14. The summed E-state index contributed by atoms with van der Waals surface area (Å²) in [5, 5.41) is 9.70. The van der Waals surface area contributed by atoms with E-state index in [2.05, 4.69) is 4.98 Å². The van der Waals surface area contributed by atoms with Gasteiger partial charge in [-0.3, -0.25) is 9.78 Å². The van der Waals surface area contributed by atoms with Crippen molar-refractivity contribution < 1.29 is 18.3 Å². The fraction of sp³-hybridized carbons (Fsp3) is 0.412. The molecule has 0 radical (unpaired) electrons. The van der Waals surface area contributed by atoms with Crippen LogP contribution in [0.1, 0.15) is 31.2 Å². The summed E-state index contributed by atoms with van der Waals surface area (Å²) >= 11 is 0. The molecule has 1 aromatic carbocycles. The SMILES string of the molecule is Cc1ccc2ncccc2c1S(=O)(=O)N1CCCCC1CC(=O)O. The van der Waals surface area contributed by atoms with Crippen molar-refractivity contribution in [3.05, 3.63) is 36.0 Å². The van der Waals surface area contributed by atoms with E-state index in [1.54, 1.807) is 37.4 Å². The number of hydrogen-bond acceptors (Lipinski definition) is 4. The van der Waals surface area contributed by atoms with Crippen LogP contribution in [0, 0.1) is 6.92 Å². The van der Waals surface area contributed by atoms with Crippen LogP contribution in [0.15, 0.2) is 35.4 Å². The number of carboxylic acids is 1. The summed E-state index contributed by atoms with van der Waals surface area (Å²) in [4.78, 5) is 15.6. The summed E-state index contributed by atoms with van der Waals surface area (Å²) in [7, 11) is -3.78. The molecule has 2 heterocycles. The van der Waals surface area contributed by atoms with Crippen molar-refractivity contribution in [2.45, 2.75) is 43.5 Å². The lowest BCUT2D eigenvalue weighted by atomic mass is 10.0. The number of pyridine rings is 1. The number of aliphatic carboxylic acids is 1. The van der Waals surface area contributed by atoms with Crippen LogP contribution >= 0.6 is 0 Å². The number of sulfonamides is 1. The maximum Gasteiger partial charge on any atom is 0.304 e. The third-order valence-electron chi connectivity index (χ3n) is 4.48. The largest absolute Gasteiger partial charge is 0.481 e. The molecular weight excluding hydrogens is 328 g/mol. The van der Waals surface area contributed by atoms with Crippen molar-refractivity contribution in [1.82, 2.24) is 9.29 Å². The third kappa shape index (κ3) is 3.01. The number of benzene rings is 1. The lowest BCUT2D eigenvalue weighted by molar-refractivity contribution is -0.138. The van der Waals surface area contributed by atoms with Crippen LogP contribution < -0.4 is 0 Å². The molecule has 1 aliphatic heterocycles. The van der Waals surface area contributed by atoms with Crippen molar-refractivity contribution in [1.29, 1.82) is 0 Å². The number of carboxylic acid groups (broad SMARTS) is 1. The predicted molar refractivity (Wildman–Crippen MR) is 90.3 cm³/mol. The first-order valence-electron chi connectivity index (χ1n) is 7.99. The Morgan fingerprint density at radius 1 is 1.33 bits per heavy atom. The third-order valence-corrected chi connectivity index (χ3v) is 6.64. The van der Waals surface area contributed by atoms with Gasteiger partial charge in [0.25, 0.3) is 0 Å². The fourth-order valence-corrected chi connectivity index (χ4v) is 5.49. The predicted octanol–water partition coefficient (Wildman–Crippen LogP) is 2.56. The molecule has 0 aliphatic carbocycles. The van der Waals surface area contributed by atoms with E-state index in [1.165, 1.54) is 4.31 Å². The van der Waals surface area contributed by atoms with E-state index < -0.39 is 22.0 Å². The summed E-state index contributed by atoms with van der Waals surface area (Å²) in [5.74, 6) is -0.974. The smallest absolute Gasteiger partial charge is 0.304 e. The Morgan fingerprint density at radius 2 is 2.12 bits per heavy atom. The van der Waals surface area contributed by atoms with E-state index in [4.69, 9.17) is 5.11 Å². The Bertz CT molecular complexity index is 879. The lowest BCUT2D eigenvalue weighted by Gasteiger charge is -2.34. The first kappa shape index (κ1) is 16.9. The second kappa shape index (κ2) is 6.49. The summed E-state index contributed by atoms with van der Waals surface area (Å²) in [6.07, 6.45) is 3.63. The summed E-state index contributed by atoms with van der Waals surface area (Å²) < 4.78 is 28.0. The van der Waals surface area contributed by atoms with Crippen molar-refractivity contribution in [2.75, 3.05) is 6.54 Å². The van der Waals surface area contributed by atoms with Gasteiger partial charge in [-0.15, -0.1) is 0 Å². The van der Waals surface area contributed by atoms with E-state index in [0.717, 1.165) is 12.8 Å². The zero-order chi connectivity index (χ0) is 17.3. The Morgan fingerprint density at radius 3 is 2.88 bits per heavy atom. The van der Waals surface area contributed by atoms with Crippen molar-refractivity contribution >= 4 is 26.9 Å². The van der Waals surface area contributed by atoms with Gasteiger partial charge < -0.3 is 5.11 Å². The molecule has 1 unspecified atom stereocenters. The number of aromatic nitrogens is 1. The molecule has 0 bridgehead atoms. The molecule has 1 N–H and O–H groups in total. The topological polar surface area (TPSA) is 87.6 Å². The van der Waals surface area contributed by atoms with Gasteiger partial charge in [0.2, 0.25) is 10.0 Å². The lowest BCUT2D eigenvalue weighted by Crippen LogP contribution is -2.44. The Hall–Kier alpha value is -1.99. The molecular formula is C17H20N2O4S. The standard InChI is InChI=1S/C17H20N2O4S/c1-12-7-8-15-14(6-4-9-18-15)17(12)24(22,23)19-10-3-2-5-13(19)11-16(20)21/h4,6-9,13H,2-3,5,10-11H2,1H3,(H,20,21). The maximum atomic E-state index is 13.3. The Balaban J connectivity index is 2.13. The van der Waals surface area contributed by atoms with E-state index in [1.807, 2.05) is 0 Å². The van der Waals surface area contributed by atoms with Crippen LogP contribution in [0.25, 0.3) is 10.9 Å². The molecule has 0 amide bonds. The molecule has 2 aromatic rings. The average molecular weight is 348 g/mol. The highest BCUT2D eigenvalue weighted by molar-refractivity contribution is 7.89. The molecule has 24 heavy (non-hydrogen) atoms. The van der Waals surface area contributed by atoms with Crippen molar-refractivity contribution in [3.8, 4) is 0 Å². The minimum atomic E-state index is -3.78. The second-order valence-corrected chi connectivity index (χ2v) is 7.97. The molecule has 7 heteroatoms. The monoisotopic (exact) mass is 348 g/mol. The molecule has 3 rings (SSSR count). The van der Waals surface area contributed by atoms with Crippen molar-refractivity contribution in [2.24, 2.45) is 0 Å². The summed E-state index contributed by atoms with van der Waals surface area (Å²) in [5.41, 5.74) is 1.27. The minimum absolute atomic E-state index is 0.165. The van der Waals surface area contributed by atoms with Crippen LogP contribution in [-0.2, 0) is 14.8 Å². The minimum Gasteiger partial charge on any atom is -0.481 e. The quantitative estimate of drug-likeness (QED) is 0.917.